The first kappa shape index (κ1) is 18.5. The highest BCUT2D eigenvalue weighted by molar-refractivity contribution is 6.41. The van der Waals surface area contributed by atoms with Crippen LogP contribution < -0.4 is 10.6 Å². The Bertz CT molecular complexity index is 544. The number of halogens is 1. The van der Waals surface area contributed by atoms with E-state index in [0.717, 1.165) is 0 Å². The molecule has 0 aromatic heterocycles. The summed E-state index contributed by atoms with van der Waals surface area (Å²) in [4.78, 5) is 23.7. The largest absolute Gasteiger partial charge is 0.392 e. The van der Waals surface area contributed by atoms with Crippen LogP contribution in [0.25, 0.3) is 0 Å². The Kier molecular flexibility index (Phi) is 6.38. The van der Waals surface area contributed by atoms with E-state index in [-0.39, 0.29) is 12.5 Å². The molecule has 1 unspecified atom stereocenters. The van der Waals surface area contributed by atoms with Gasteiger partial charge in [0.15, 0.2) is 0 Å². The second-order valence-corrected chi connectivity index (χ2v) is 6.70. The highest BCUT2D eigenvalue weighted by Crippen LogP contribution is 2.25. The summed E-state index contributed by atoms with van der Waals surface area (Å²) in [6.45, 7) is 7.67. The molecule has 5 nitrogen and oxygen atoms in total. The van der Waals surface area contributed by atoms with Gasteiger partial charge in [0.1, 0.15) is 0 Å². The molecule has 6 heteroatoms. The van der Waals surface area contributed by atoms with Crippen LogP contribution in [-0.4, -0.2) is 29.6 Å². The highest BCUT2D eigenvalue weighted by atomic mass is 35.5. The van der Waals surface area contributed by atoms with E-state index in [9.17, 15) is 14.7 Å². The van der Waals surface area contributed by atoms with Crippen LogP contribution in [0.5, 0.6) is 0 Å². The summed E-state index contributed by atoms with van der Waals surface area (Å²) in [7, 11) is 0. The second-order valence-electron chi connectivity index (χ2n) is 6.29. The molecule has 122 valence electrons. The molecular weight excluding hydrogens is 304 g/mol. The van der Waals surface area contributed by atoms with Crippen molar-refractivity contribution in [1.29, 1.82) is 0 Å². The number of hydrogen-bond donors (Lipinski definition) is 3. The highest BCUT2D eigenvalue weighted by Gasteiger charge is 2.31. The number of benzene rings is 1. The van der Waals surface area contributed by atoms with Gasteiger partial charge in [-0.3, -0.25) is 9.59 Å². The smallest absolute Gasteiger partial charge is 0.313 e. The Morgan fingerprint density at radius 1 is 1.23 bits per heavy atom. The van der Waals surface area contributed by atoms with Gasteiger partial charge in [-0.2, -0.15) is 0 Å². The Labute approximate surface area is 136 Å². The molecule has 1 aromatic carbocycles. The number of carbonyl (C=O) groups excluding carboxylic acids is 2. The lowest BCUT2D eigenvalue weighted by Gasteiger charge is -2.33. The Hall–Kier alpha value is -1.59. The summed E-state index contributed by atoms with van der Waals surface area (Å²) < 4.78 is 0. The fourth-order valence-electron chi connectivity index (χ4n) is 2.14. The van der Waals surface area contributed by atoms with E-state index in [1.54, 1.807) is 24.3 Å². The molecular formula is C16H23ClN2O3. The number of rotatable bonds is 5. The summed E-state index contributed by atoms with van der Waals surface area (Å²) >= 11 is 5.92. The molecule has 22 heavy (non-hydrogen) atoms. The number of aliphatic hydroxyl groups excluding tert-OH is 1. The van der Waals surface area contributed by atoms with Crippen LogP contribution >= 0.6 is 11.6 Å². The van der Waals surface area contributed by atoms with Crippen molar-refractivity contribution in [3.05, 3.63) is 29.3 Å². The third-order valence-corrected chi connectivity index (χ3v) is 3.79. The molecule has 0 saturated heterocycles. The summed E-state index contributed by atoms with van der Waals surface area (Å²) in [5.74, 6) is -1.49. The van der Waals surface area contributed by atoms with E-state index in [1.165, 1.54) is 0 Å². The quantitative estimate of drug-likeness (QED) is 0.727. The standard InChI is InChI=1S/C16H23ClN2O3/c1-10(2)13(20)16(3,4)9-18-14(21)15(22)19-12-8-6-5-7-11(12)17/h5-8,10,13,20H,9H2,1-4H3,(H,18,21)(H,19,22). The van der Waals surface area contributed by atoms with Crippen LogP contribution in [0.15, 0.2) is 24.3 Å². The van der Waals surface area contributed by atoms with E-state index in [2.05, 4.69) is 10.6 Å². The second kappa shape index (κ2) is 7.61. The number of aliphatic hydroxyl groups is 1. The Morgan fingerprint density at radius 2 is 1.82 bits per heavy atom. The van der Waals surface area contributed by atoms with E-state index >= 15 is 0 Å². The van der Waals surface area contributed by atoms with E-state index in [0.29, 0.717) is 10.7 Å². The normalized spacial score (nSPS) is 12.9. The van der Waals surface area contributed by atoms with Crippen molar-refractivity contribution in [2.45, 2.75) is 33.8 Å². The summed E-state index contributed by atoms with van der Waals surface area (Å²) in [5, 5.41) is 15.5. The number of para-hydroxylation sites is 1. The third-order valence-electron chi connectivity index (χ3n) is 3.46. The monoisotopic (exact) mass is 326 g/mol. The van der Waals surface area contributed by atoms with Gasteiger partial charge in [0.25, 0.3) is 0 Å². The van der Waals surface area contributed by atoms with Crippen molar-refractivity contribution < 1.29 is 14.7 Å². The fraction of sp³-hybridized carbons (Fsp3) is 0.500. The number of nitrogens with one attached hydrogen (secondary N) is 2. The van der Waals surface area contributed by atoms with Crippen molar-refractivity contribution >= 4 is 29.1 Å². The number of hydrogen-bond acceptors (Lipinski definition) is 3. The molecule has 0 heterocycles. The van der Waals surface area contributed by atoms with Crippen molar-refractivity contribution in [3.8, 4) is 0 Å². The number of carbonyl (C=O) groups is 2. The van der Waals surface area contributed by atoms with Crippen LogP contribution in [0.4, 0.5) is 5.69 Å². The lowest BCUT2D eigenvalue weighted by atomic mass is 9.81. The minimum atomic E-state index is -0.789. The molecule has 0 fully saturated rings. The topological polar surface area (TPSA) is 78.4 Å². The predicted molar refractivity (Wildman–Crippen MR) is 87.7 cm³/mol. The van der Waals surface area contributed by atoms with Gasteiger partial charge < -0.3 is 15.7 Å². The van der Waals surface area contributed by atoms with Crippen LogP contribution in [0, 0.1) is 11.3 Å². The summed E-state index contributed by atoms with van der Waals surface area (Å²) in [6.07, 6.45) is -0.584. The molecule has 0 radical (unpaired) electrons. The van der Waals surface area contributed by atoms with E-state index < -0.39 is 23.3 Å². The van der Waals surface area contributed by atoms with E-state index in [1.807, 2.05) is 27.7 Å². The van der Waals surface area contributed by atoms with Crippen molar-refractivity contribution in [1.82, 2.24) is 5.32 Å². The van der Waals surface area contributed by atoms with Gasteiger partial charge in [-0.05, 0) is 18.1 Å². The zero-order valence-electron chi connectivity index (χ0n) is 13.3. The lowest BCUT2D eigenvalue weighted by Crippen LogP contribution is -2.46. The maximum Gasteiger partial charge on any atom is 0.313 e. The van der Waals surface area contributed by atoms with Gasteiger partial charge in [-0.15, -0.1) is 0 Å². The van der Waals surface area contributed by atoms with Crippen LogP contribution in [0.1, 0.15) is 27.7 Å². The number of anilines is 1. The van der Waals surface area contributed by atoms with Crippen LogP contribution in [0.2, 0.25) is 5.02 Å². The molecule has 1 aromatic rings. The summed E-state index contributed by atoms with van der Waals surface area (Å²) in [6, 6.07) is 6.67. The summed E-state index contributed by atoms with van der Waals surface area (Å²) in [5.41, 5.74) is -0.153. The van der Waals surface area contributed by atoms with Crippen molar-refractivity contribution in [2.75, 3.05) is 11.9 Å². The van der Waals surface area contributed by atoms with Gasteiger partial charge in [0.05, 0.1) is 16.8 Å². The van der Waals surface area contributed by atoms with Crippen LogP contribution in [-0.2, 0) is 9.59 Å². The van der Waals surface area contributed by atoms with Crippen molar-refractivity contribution in [2.24, 2.45) is 11.3 Å². The van der Waals surface area contributed by atoms with Gasteiger partial charge in [-0.1, -0.05) is 51.4 Å². The van der Waals surface area contributed by atoms with Crippen LogP contribution in [0.3, 0.4) is 0 Å². The Balaban J connectivity index is 2.59. The average Bonchev–Trinajstić information content (AvgIpc) is 2.46. The zero-order valence-corrected chi connectivity index (χ0v) is 14.1. The lowest BCUT2D eigenvalue weighted by molar-refractivity contribution is -0.136. The molecule has 0 aliphatic carbocycles. The third kappa shape index (κ3) is 5.00. The van der Waals surface area contributed by atoms with Gasteiger partial charge >= 0.3 is 11.8 Å². The van der Waals surface area contributed by atoms with E-state index in [4.69, 9.17) is 11.6 Å². The SMILES string of the molecule is CC(C)C(O)C(C)(C)CNC(=O)C(=O)Nc1ccccc1Cl. The van der Waals surface area contributed by atoms with Gasteiger partial charge in [-0.25, -0.2) is 0 Å². The average molecular weight is 327 g/mol. The predicted octanol–water partition coefficient (Wildman–Crippen LogP) is 2.44. The first-order valence-electron chi connectivity index (χ1n) is 7.17. The molecule has 0 aliphatic rings. The molecule has 0 saturated carbocycles. The molecule has 0 spiro atoms. The molecule has 1 rings (SSSR count). The molecule has 1 atom stereocenters. The molecule has 2 amide bonds. The molecule has 0 bridgehead atoms. The minimum Gasteiger partial charge on any atom is -0.392 e. The van der Waals surface area contributed by atoms with Crippen molar-refractivity contribution in [3.63, 3.8) is 0 Å². The first-order chi connectivity index (χ1) is 10.1. The molecule has 3 N–H and O–H groups in total. The zero-order chi connectivity index (χ0) is 16.9. The Morgan fingerprint density at radius 3 is 2.36 bits per heavy atom. The van der Waals surface area contributed by atoms with Gasteiger partial charge in [0.2, 0.25) is 0 Å². The fourth-order valence-corrected chi connectivity index (χ4v) is 2.32. The number of amides is 2. The maximum atomic E-state index is 11.8. The first-order valence-corrected chi connectivity index (χ1v) is 7.54. The maximum absolute atomic E-state index is 11.8. The van der Waals surface area contributed by atoms with Gasteiger partial charge in [0, 0.05) is 12.0 Å². The minimum absolute atomic E-state index is 0.0591. The molecule has 0 aliphatic heterocycles.